The predicted molar refractivity (Wildman–Crippen MR) is 91.9 cm³/mol. The first-order valence-corrected chi connectivity index (χ1v) is 7.52. The molecule has 1 aromatic carbocycles. The fourth-order valence-corrected chi connectivity index (χ4v) is 2.57. The molecule has 2 heterocycles. The lowest BCUT2D eigenvalue weighted by molar-refractivity contribution is 0.0695. The average Bonchev–Trinajstić information content (AvgIpc) is 2.61. The van der Waals surface area contributed by atoms with Crippen LogP contribution in [-0.2, 0) is 0 Å². The number of aromatic nitrogens is 3. The van der Waals surface area contributed by atoms with Crippen LogP contribution in [-0.4, -0.2) is 26.0 Å². The Balaban J connectivity index is 2.11. The first-order chi connectivity index (χ1) is 12.4. The number of pyridine rings is 1. The topological polar surface area (TPSA) is 138 Å². The highest BCUT2D eigenvalue weighted by Crippen LogP contribution is 2.27. The number of carboxylic acid groups (broad SMARTS) is 1. The van der Waals surface area contributed by atoms with E-state index >= 15 is 0 Å². The monoisotopic (exact) mass is 352 g/mol. The summed E-state index contributed by atoms with van der Waals surface area (Å²) in [5.74, 6) is -1.63. The summed E-state index contributed by atoms with van der Waals surface area (Å²) < 4.78 is 14.1. The van der Waals surface area contributed by atoms with Gasteiger partial charge in [0, 0.05) is 5.39 Å². The Kier molecular flexibility index (Phi) is 4.33. The Labute approximate surface area is 147 Å². The van der Waals surface area contributed by atoms with Crippen molar-refractivity contribution in [2.45, 2.75) is 13.0 Å². The lowest BCUT2D eigenvalue weighted by atomic mass is 10.0. The predicted octanol–water partition coefficient (Wildman–Crippen LogP) is 2.49. The zero-order valence-corrected chi connectivity index (χ0v) is 13.6. The number of hydrogen-bond donors (Lipinski definition) is 3. The maximum Gasteiger partial charge on any atom is 0.337 e. The zero-order valence-electron chi connectivity index (χ0n) is 13.6. The van der Waals surface area contributed by atoms with Gasteiger partial charge in [-0.05, 0) is 19.1 Å². The number of nitriles is 1. The van der Waals surface area contributed by atoms with Gasteiger partial charge in [-0.3, -0.25) is 0 Å². The van der Waals surface area contributed by atoms with Gasteiger partial charge in [-0.2, -0.15) is 5.26 Å². The zero-order chi connectivity index (χ0) is 18.8. The SMILES string of the molecule is CC(Nc1ncnc(N)c1C#N)c1nc2c(F)cccc2cc1C(=O)O. The third-order valence-corrected chi connectivity index (χ3v) is 3.81. The van der Waals surface area contributed by atoms with Crippen LogP contribution < -0.4 is 11.1 Å². The van der Waals surface area contributed by atoms with Crippen molar-refractivity contribution in [3.63, 3.8) is 0 Å². The van der Waals surface area contributed by atoms with E-state index in [1.165, 1.54) is 24.5 Å². The molecule has 0 fully saturated rings. The van der Waals surface area contributed by atoms with E-state index in [4.69, 9.17) is 5.73 Å². The Morgan fingerprint density at radius 1 is 1.42 bits per heavy atom. The average molecular weight is 352 g/mol. The number of anilines is 2. The summed E-state index contributed by atoms with van der Waals surface area (Å²) in [5.41, 5.74) is 5.76. The molecule has 0 radical (unpaired) electrons. The van der Waals surface area contributed by atoms with Gasteiger partial charge in [0.2, 0.25) is 0 Å². The lowest BCUT2D eigenvalue weighted by Crippen LogP contribution is -2.16. The molecule has 0 saturated carbocycles. The standard InChI is InChI=1S/C17H13FN6O2/c1-8(23-16-11(6-19)15(20)21-7-22-16)13-10(17(25)26)5-9-3-2-4-12(18)14(9)24-13/h2-5,7-8H,1H3,(H,25,26)(H3,20,21,22,23). The fourth-order valence-electron chi connectivity index (χ4n) is 2.57. The third kappa shape index (κ3) is 2.95. The number of nitrogen functional groups attached to an aromatic ring is 1. The van der Waals surface area contributed by atoms with Crippen molar-refractivity contribution in [3.05, 3.63) is 53.2 Å². The number of nitrogens with two attached hydrogens (primary N) is 1. The van der Waals surface area contributed by atoms with Gasteiger partial charge in [0.15, 0.2) is 0 Å². The van der Waals surface area contributed by atoms with Crippen molar-refractivity contribution < 1.29 is 14.3 Å². The van der Waals surface area contributed by atoms with Gasteiger partial charge < -0.3 is 16.2 Å². The highest BCUT2D eigenvalue weighted by atomic mass is 19.1. The summed E-state index contributed by atoms with van der Waals surface area (Å²) >= 11 is 0. The van der Waals surface area contributed by atoms with Gasteiger partial charge in [-0.25, -0.2) is 24.1 Å². The summed E-state index contributed by atoms with van der Waals surface area (Å²) in [6.07, 6.45) is 1.18. The number of hydrogen-bond acceptors (Lipinski definition) is 7. The minimum atomic E-state index is -1.20. The molecule has 0 amide bonds. The molecule has 26 heavy (non-hydrogen) atoms. The van der Waals surface area contributed by atoms with Crippen molar-refractivity contribution in [3.8, 4) is 6.07 Å². The second-order valence-corrected chi connectivity index (χ2v) is 5.50. The number of rotatable bonds is 4. The molecule has 0 aliphatic heterocycles. The normalized spacial score (nSPS) is 11.7. The molecule has 0 spiro atoms. The van der Waals surface area contributed by atoms with E-state index in [1.807, 2.05) is 6.07 Å². The number of nitrogens with zero attached hydrogens (tertiary/aromatic N) is 4. The molecular weight excluding hydrogens is 339 g/mol. The van der Waals surface area contributed by atoms with E-state index in [9.17, 15) is 19.6 Å². The van der Waals surface area contributed by atoms with Crippen molar-refractivity contribution in [2.24, 2.45) is 0 Å². The molecule has 4 N–H and O–H groups in total. The van der Waals surface area contributed by atoms with E-state index in [0.717, 1.165) is 0 Å². The van der Waals surface area contributed by atoms with Crippen LogP contribution in [0.2, 0.25) is 0 Å². The van der Waals surface area contributed by atoms with Crippen molar-refractivity contribution in [1.29, 1.82) is 5.26 Å². The van der Waals surface area contributed by atoms with Crippen LogP contribution in [0.15, 0.2) is 30.6 Å². The molecule has 0 bridgehead atoms. The van der Waals surface area contributed by atoms with Crippen LogP contribution in [0.4, 0.5) is 16.0 Å². The Morgan fingerprint density at radius 2 is 2.19 bits per heavy atom. The van der Waals surface area contributed by atoms with E-state index in [1.54, 1.807) is 13.0 Å². The number of fused-ring (bicyclic) bond motifs is 1. The van der Waals surface area contributed by atoms with Crippen molar-refractivity contribution in [2.75, 3.05) is 11.1 Å². The summed E-state index contributed by atoms with van der Waals surface area (Å²) in [4.78, 5) is 23.5. The molecule has 130 valence electrons. The molecule has 1 unspecified atom stereocenters. The van der Waals surface area contributed by atoms with E-state index in [0.29, 0.717) is 5.39 Å². The smallest absolute Gasteiger partial charge is 0.337 e. The van der Waals surface area contributed by atoms with Gasteiger partial charge in [0.1, 0.15) is 40.9 Å². The van der Waals surface area contributed by atoms with Crippen molar-refractivity contribution >= 4 is 28.5 Å². The molecule has 0 aliphatic carbocycles. The molecule has 0 aliphatic rings. The van der Waals surface area contributed by atoms with Gasteiger partial charge in [0.05, 0.1) is 17.3 Å². The highest BCUT2D eigenvalue weighted by Gasteiger charge is 2.21. The molecule has 3 aromatic rings. The van der Waals surface area contributed by atoms with Gasteiger partial charge in [-0.15, -0.1) is 0 Å². The maximum absolute atomic E-state index is 14.1. The van der Waals surface area contributed by atoms with Crippen LogP contribution in [0.3, 0.4) is 0 Å². The molecule has 1 atom stereocenters. The Bertz CT molecular complexity index is 1060. The number of carbonyl (C=O) groups is 1. The van der Waals surface area contributed by atoms with Crippen LogP contribution in [0, 0.1) is 17.1 Å². The highest BCUT2D eigenvalue weighted by molar-refractivity contribution is 5.94. The van der Waals surface area contributed by atoms with Crippen LogP contribution in [0.5, 0.6) is 0 Å². The lowest BCUT2D eigenvalue weighted by Gasteiger charge is -2.18. The molecular formula is C17H13FN6O2. The third-order valence-electron chi connectivity index (χ3n) is 3.81. The van der Waals surface area contributed by atoms with E-state index in [-0.39, 0.29) is 34.0 Å². The summed E-state index contributed by atoms with van der Waals surface area (Å²) in [6.45, 7) is 1.63. The minimum absolute atomic E-state index is 0.00632. The molecule has 3 rings (SSSR count). The summed E-state index contributed by atoms with van der Waals surface area (Å²) in [6, 6.07) is 6.87. The van der Waals surface area contributed by atoms with Crippen LogP contribution >= 0.6 is 0 Å². The summed E-state index contributed by atoms with van der Waals surface area (Å²) in [7, 11) is 0. The van der Waals surface area contributed by atoms with Crippen LogP contribution in [0.1, 0.15) is 34.6 Å². The number of para-hydroxylation sites is 1. The molecule has 8 nitrogen and oxygen atoms in total. The number of aromatic carboxylic acids is 1. The molecule has 2 aromatic heterocycles. The molecule has 9 heteroatoms. The number of benzene rings is 1. The number of nitrogens with one attached hydrogen (secondary N) is 1. The van der Waals surface area contributed by atoms with E-state index < -0.39 is 17.8 Å². The number of carboxylic acids is 1. The second kappa shape index (κ2) is 6.60. The molecule has 0 saturated heterocycles. The minimum Gasteiger partial charge on any atom is -0.478 e. The van der Waals surface area contributed by atoms with Gasteiger partial charge in [-0.1, -0.05) is 12.1 Å². The second-order valence-electron chi connectivity index (χ2n) is 5.50. The summed E-state index contributed by atoms with van der Waals surface area (Å²) in [5, 5.41) is 22.0. The van der Waals surface area contributed by atoms with E-state index in [2.05, 4.69) is 20.3 Å². The number of halogens is 1. The van der Waals surface area contributed by atoms with Crippen LogP contribution in [0.25, 0.3) is 10.9 Å². The van der Waals surface area contributed by atoms with Crippen molar-refractivity contribution in [1.82, 2.24) is 15.0 Å². The first-order valence-electron chi connectivity index (χ1n) is 7.52. The van der Waals surface area contributed by atoms with Gasteiger partial charge >= 0.3 is 5.97 Å². The Morgan fingerprint density at radius 3 is 2.88 bits per heavy atom. The largest absolute Gasteiger partial charge is 0.478 e. The first kappa shape index (κ1) is 17.0. The quantitative estimate of drug-likeness (QED) is 0.651. The maximum atomic E-state index is 14.1. The Hall–Kier alpha value is -3.80. The fraction of sp³-hybridized carbons (Fsp3) is 0.118. The van der Waals surface area contributed by atoms with Gasteiger partial charge in [0.25, 0.3) is 0 Å².